The molecule has 238 valence electrons. The number of benzene rings is 7. The van der Waals surface area contributed by atoms with Gasteiger partial charge in [0.1, 0.15) is 0 Å². The molecule has 1 nitrogen and oxygen atoms in total. The van der Waals surface area contributed by atoms with Gasteiger partial charge in [-0.1, -0.05) is 155 Å². The van der Waals surface area contributed by atoms with Crippen molar-refractivity contribution >= 4 is 17.1 Å². The van der Waals surface area contributed by atoms with Gasteiger partial charge < -0.3 is 4.90 Å². The first-order valence-corrected chi connectivity index (χ1v) is 17.3. The number of para-hydroxylation sites is 1. The Morgan fingerprint density at radius 1 is 0.306 bits per heavy atom. The molecule has 0 atom stereocenters. The number of anilines is 3. The molecule has 1 aliphatic rings. The zero-order chi connectivity index (χ0) is 33.6. The van der Waals surface area contributed by atoms with Crippen molar-refractivity contribution in [2.24, 2.45) is 0 Å². The van der Waals surface area contributed by atoms with Crippen LogP contribution in [-0.4, -0.2) is 0 Å². The van der Waals surface area contributed by atoms with Gasteiger partial charge in [-0.3, -0.25) is 0 Å². The summed E-state index contributed by atoms with van der Waals surface area (Å²) in [5.74, 6) is 0. The number of fused-ring (bicyclic) bond motifs is 3. The minimum absolute atomic E-state index is 0.00714. The molecule has 0 amide bonds. The van der Waals surface area contributed by atoms with Crippen LogP contribution in [0.25, 0.3) is 44.5 Å². The first-order valence-electron chi connectivity index (χ1n) is 17.3. The molecule has 0 aromatic heterocycles. The van der Waals surface area contributed by atoms with Crippen molar-refractivity contribution in [3.63, 3.8) is 0 Å². The highest BCUT2D eigenvalue weighted by Crippen LogP contribution is 2.54. The maximum absolute atomic E-state index is 2.41. The molecule has 0 bridgehead atoms. The summed E-state index contributed by atoms with van der Waals surface area (Å²) in [4.78, 5) is 2.37. The van der Waals surface area contributed by atoms with Crippen LogP contribution in [0.4, 0.5) is 17.1 Å². The highest BCUT2D eigenvalue weighted by atomic mass is 15.1. The predicted octanol–water partition coefficient (Wildman–Crippen LogP) is 13.4. The van der Waals surface area contributed by atoms with Crippen molar-refractivity contribution in [1.82, 2.24) is 0 Å². The fraction of sp³-hybridized carbons (Fsp3) is 0.125. The molecule has 1 heteroatoms. The lowest BCUT2D eigenvalue weighted by atomic mass is 9.55. The number of nitrogens with zero attached hydrogens (tertiary/aromatic N) is 1. The fourth-order valence-corrected chi connectivity index (χ4v) is 7.61. The third-order valence-corrected chi connectivity index (χ3v) is 11.0. The molecule has 0 unspecified atom stereocenters. The molecule has 0 spiro atoms. The zero-order valence-electron chi connectivity index (χ0n) is 28.7. The third-order valence-electron chi connectivity index (χ3n) is 11.0. The predicted molar refractivity (Wildman–Crippen MR) is 209 cm³/mol. The van der Waals surface area contributed by atoms with Crippen molar-refractivity contribution in [2.75, 3.05) is 4.90 Å². The van der Waals surface area contributed by atoms with Crippen LogP contribution in [0.1, 0.15) is 38.8 Å². The van der Waals surface area contributed by atoms with Gasteiger partial charge >= 0.3 is 0 Å². The molecule has 8 rings (SSSR count). The van der Waals surface area contributed by atoms with E-state index in [9.17, 15) is 0 Å². The standard InChI is InChI=1S/C48H41N/c1-47(2)45-27-12-11-26-43(45)44-33-39(28-29-46(44)48(47,3)4)38-21-15-25-42(32-38)49(40-22-9-6-10-23-40)41-24-14-20-37(31-41)36-19-13-18-35(30-36)34-16-7-5-8-17-34/h5-33H,1-4H3. The van der Waals surface area contributed by atoms with E-state index in [4.69, 9.17) is 0 Å². The molecule has 7 aromatic carbocycles. The van der Waals surface area contributed by atoms with E-state index in [0.29, 0.717) is 0 Å². The molecule has 0 saturated carbocycles. The average Bonchev–Trinajstić information content (AvgIpc) is 3.15. The lowest BCUT2D eigenvalue weighted by Crippen LogP contribution is -2.43. The largest absolute Gasteiger partial charge is 0.310 e. The highest BCUT2D eigenvalue weighted by Gasteiger charge is 2.45. The van der Waals surface area contributed by atoms with Gasteiger partial charge in [0.15, 0.2) is 0 Å². The van der Waals surface area contributed by atoms with Crippen molar-refractivity contribution in [1.29, 1.82) is 0 Å². The Hall–Kier alpha value is -5.66. The molecule has 0 N–H and O–H groups in total. The summed E-state index contributed by atoms with van der Waals surface area (Å²) in [7, 11) is 0. The summed E-state index contributed by atoms with van der Waals surface area (Å²) >= 11 is 0. The number of hydrogen-bond donors (Lipinski definition) is 0. The van der Waals surface area contributed by atoms with Gasteiger partial charge in [0, 0.05) is 17.1 Å². The average molecular weight is 632 g/mol. The first kappa shape index (κ1) is 30.7. The highest BCUT2D eigenvalue weighted by molar-refractivity contribution is 5.85. The molecule has 0 fully saturated rings. The quantitative estimate of drug-likeness (QED) is 0.176. The molecule has 0 radical (unpaired) electrons. The molecule has 49 heavy (non-hydrogen) atoms. The van der Waals surface area contributed by atoms with E-state index in [1.54, 1.807) is 0 Å². The van der Waals surface area contributed by atoms with Crippen LogP contribution >= 0.6 is 0 Å². The van der Waals surface area contributed by atoms with Gasteiger partial charge in [-0.2, -0.15) is 0 Å². The lowest BCUT2D eigenvalue weighted by molar-refractivity contribution is 0.299. The van der Waals surface area contributed by atoms with E-state index in [2.05, 4.69) is 209 Å². The van der Waals surface area contributed by atoms with E-state index in [0.717, 1.165) is 17.1 Å². The van der Waals surface area contributed by atoms with Crippen LogP contribution in [0.5, 0.6) is 0 Å². The van der Waals surface area contributed by atoms with Gasteiger partial charge in [-0.15, -0.1) is 0 Å². The Labute approximate surface area is 291 Å². The smallest absolute Gasteiger partial charge is 0.0467 e. The molecule has 0 heterocycles. The van der Waals surface area contributed by atoms with Crippen LogP contribution in [0.3, 0.4) is 0 Å². The molecular weight excluding hydrogens is 591 g/mol. The van der Waals surface area contributed by atoms with Crippen molar-refractivity contribution in [3.8, 4) is 44.5 Å². The number of hydrogen-bond acceptors (Lipinski definition) is 1. The molecular formula is C48H41N. The third kappa shape index (κ3) is 5.36. The Bertz CT molecular complexity index is 2280. The topological polar surface area (TPSA) is 3.24 Å². The normalized spacial score (nSPS) is 14.0. The van der Waals surface area contributed by atoms with Gasteiger partial charge in [0.25, 0.3) is 0 Å². The van der Waals surface area contributed by atoms with Gasteiger partial charge in [-0.05, 0) is 115 Å². The van der Waals surface area contributed by atoms with Crippen LogP contribution in [0.15, 0.2) is 176 Å². The number of rotatable bonds is 6. The van der Waals surface area contributed by atoms with E-state index in [1.807, 2.05) is 0 Å². The van der Waals surface area contributed by atoms with Gasteiger partial charge in [0.2, 0.25) is 0 Å². The van der Waals surface area contributed by atoms with Crippen molar-refractivity contribution < 1.29 is 0 Å². The van der Waals surface area contributed by atoms with Gasteiger partial charge in [-0.25, -0.2) is 0 Å². The van der Waals surface area contributed by atoms with E-state index in [-0.39, 0.29) is 10.8 Å². The van der Waals surface area contributed by atoms with Gasteiger partial charge in [0.05, 0.1) is 0 Å². The SMILES string of the molecule is CC1(C)c2ccccc2-c2cc(-c3cccc(N(c4ccccc4)c4cccc(-c5cccc(-c6ccccc6)c5)c4)c3)ccc2C1(C)C. The van der Waals surface area contributed by atoms with E-state index in [1.165, 1.54) is 55.6 Å². The second-order valence-electron chi connectivity index (χ2n) is 14.3. The first-order chi connectivity index (χ1) is 23.8. The van der Waals surface area contributed by atoms with Crippen molar-refractivity contribution in [2.45, 2.75) is 38.5 Å². The van der Waals surface area contributed by atoms with Crippen LogP contribution in [0.2, 0.25) is 0 Å². The second kappa shape index (κ2) is 12.1. The lowest BCUT2D eigenvalue weighted by Gasteiger charge is -2.48. The molecule has 0 saturated heterocycles. The van der Waals surface area contributed by atoms with Crippen LogP contribution in [0, 0.1) is 0 Å². The summed E-state index contributed by atoms with van der Waals surface area (Å²) in [5.41, 5.74) is 16.2. The van der Waals surface area contributed by atoms with Crippen LogP contribution in [-0.2, 0) is 10.8 Å². The Morgan fingerprint density at radius 2 is 0.735 bits per heavy atom. The Kier molecular flexibility index (Phi) is 7.57. The maximum atomic E-state index is 2.41. The van der Waals surface area contributed by atoms with Crippen molar-refractivity contribution in [3.05, 3.63) is 187 Å². The molecule has 7 aromatic rings. The monoisotopic (exact) mass is 631 g/mol. The summed E-state index contributed by atoms with van der Waals surface area (Å²) in [5, 5.41) is 0. The Balaban J connectivity index is 1.21. The van der Waals surface area contributed by atoms with E-state index >= 15 is 0 Å². The fourth-order valence-electron chi connectivity index (χ4n) is 7.61. The minimum atomic E-state index is -0.00714. The van der Waals surface area contributed by atoms with Crippen LogP contribution < -0.4 is 4.90 Å². The molecule has 0 aliphatic heterocycles. The summed E-state index contributed by atoms with van der Waals surface area (Å²) in [6.07, 6.45) is 0. The zero-order valence-corrected chi connectivity index (χ0v) is 28.7. The maximum Gasteiger partial charge on any atom is 0.0467 e. The second-order valence-corrected chi connectivity index (χ2v) is 14.3. The summed E-state index contributed by atoms with van der Waals surface area (Å²) in [6.45, 7) is 9.57. The Morgan fingerprint density at radius 3 is 1.37 bits per heavy atom. The van der Waals surface area contributed by atoms with E-state index < -0.39 is 0 Å². The molecule has 1 aliphatic carbocycles. The minimum Gasteiger partial charge on any atom is -0.310 e. The summed E-state index contributed by atoms with van der Waals surface area (Å²) in [6, 6.07) is 64.1. The summed E-state index contributed by atoms with van der Waals surface area (Å²) < 4.78 is 0.